The van der Waals surface area contributed by atoms with Gasteiger partial charge in [0.1, 0.15) is 5.01 Å². The Kier molecular flexibility index (Phi) is 5.68. The van der Waals surface area contributed by atoms with E-state index in [0.717, 1.165) is 54.4 Å². The van der Waals surface area contributed by atoms with Crippen molar-refractivity contribution >= 4 is 23.1 Å². The van der Waals surface area contributed by atoms with Crippen LogP contribution in [0, 0.1) is 0 Å². The fourth-order valence-corrected chi connectivity index (χ4v) is 4.21. The van der Waals surface area contributed by atoms with E-state index in [9.17, 15) is 4.79 Å². The number of aromatic nitrogens is 3. The highest BCUT2D eigenvalue weighted by molar-refractivity contribution is 7.09. The minimum Gasteiger partial charge on any atom is -0.335 e. The minimum absolute atomic E-state index is 0.134. The van der Waals surface area contributed by atoms with Crippen LogP contribution in [0.15, 0.2) is 48.1 Å². The van der Waals surface area contributed by atoms with Crippen molar-refractivity contribution in [3.8, 4) is 11.3 Å². The largest absolute Gasteiger partial charge is 0.335 e. The van der Waals surface area contributed by atoms with Gasteiger partial charge in [-0.1, -0.05) is 18.2 Å². The molecular formula is C20H24N6OS. The molecule has 1 fully saturated rings. The Morgan fingerprint density at radius 2 is 2.04 bits per heavy atom. The molecule has 1 aromatic carbocycles. The summed E-state index contributed by atoms with van der Waals surface area (Å²) in [6.07, 6.45) is 5.72. The number of piperidine rings is 1. The maximum Gasteiger partial charge on any atom is 0.319 e. The van der Waals surface area contributed by atoms with E-state index in [2.05, 4.69) is 26.0 Å². The lowest BCUT2D eigenvalue weighted by Crippen LogP contribution is -2.45. The summed E-state index contributed by atoms with van der Waals surface area (Å²) in [6, 6.07) is 9.60. The third-order valence-electron chi connectivity index (χ3n) is 4.87. The van der Waals surface area contributed by atoms with Gasteiger partial charge in [-0.05, 0) is 25.0 Å². The molecule has 0 aliphatic carbocycles. The monoisotopic (exact) mass is 396 g/mol. The summed E-state index contributed by atoms with van der Waals surface area (Å²) in [7, 11) is 1.91. The number of nitrogens with zero attached hydrogens (tertiary/aromatic N) is 4. The molecule has 3 aromatic rings. The zero-order chi connectivity index (χ0) is 19.3. The molecule has 7 nitrogen and oxygen atoms in total. The second-order valence-electron chi connectivity index (χ2n) is 7.04. The number of benzene rings is 1. The summed E-state index contributed by atoms with van der Waals surface area (Å²) in [4.78, 5) is 19.3. The molecule has 2 N–H and O–H groups in total. The molecular weight excluding hydrogens is 372 g/mol. The maximum atomic E-state index is 12.1. The Morgan fingerprint density at radius 3 is 2.75 bits per heavy atom. The molecule has 0 radical (unpaired) electrons. The molecule has 0 saturated carbocycles. The number of carbonyl (C=O) groups excluding carboxylic acids is 1. The molecule has 2 amide bonds. The van der Waals surface area contributed by atoms with Crippen LogP contribution in [0.3, 0.4) is 0 Å². The van der Waals surface area contributed by atoms with Gasteiger partial charge in [0.05, 0.1) is 18.4 Å². The van der Waals surface area contributed by atoms with E-state index in [0.29, 0.717) is 0 Å². The van der Waals surface area contributed by atoms with Crippen LogP contribution in [0.5, 0.6) is 0 Å². The Labute approximate surface area is 168 Å². The van der Waals surface area contributed by atoms with E-state index in [1.54, 1.807) is 16.0 Å². The van der Waals surface area contributed by atoms with Crippen molar-refractivity contribution in [2.75, 3.05) is 18.4 Å². The number of rotatable bonds is 5. The Bertz CT molecular complexity index is 914. The molecule has 0 unspecified atom stereocenters. The van der Waals surface area contributed by atoms with Crippen LogP contribution >= 0.6 is 11.3 Å². The second-order valence-corrected chi connectivity index (χ2v) is 7.99. The van der Waals surface area contributed by atoms with Crippen molar-refractivity contribution < 1.29 is 4.79 Å². The number of thiazole rings is 1. The number of amides is 2. The summed E-state index contributed by atoms with van der Waals surface area (Å²) in [5.41, 5.74) is 2.85. The van der Waals surface area contributed by atoms with E-state index in [4.69, 9.17) is 4.98 Å². The van der Waals surface area contributed by atoms with Gasteiger partial charge in [-0.3, -0.25) is 9.58 Å². The van der Waals surface area contributed by atoms with E-state index < -0.39 is 0 Å². The van der Waals surface area contributed by atoms with Crippen LogP contribution in [0.4, 0.5) is 10.5 Å². The number of aryl methyl sites for hydroxylation is 1. The third-order valence-corrected chi connectivity index (χ3v) is 5.70. The van der Waals surface area contributed by atoms with Crippen molar-refractivity contribution in [1.29, 1.82) is 0 Å². The number of hydrogen-bond acceptors (Lipinski definition) is 5. The summed E-state index contributed by atoms with van der Waals surface area (Å²) in [6.45, 7) is 2.77. The second kappa shape index (κ2) is 8.53. The minimum atomic E-state index is -0.134. The van der Waals surface area contributed by atoms with Gasteiger partial charge in [0, 0.05) is 49.0 Å². The summed E-state index contributed by atoms with van der Waals surface area (Å²) < 4.78 is 1.79. The highest BCUT2D eigenvalue weighted by Gasteiger charge is 2.21. The molecule has 0 atom stereocenters. The highest BCUT2D eigenvalue weighted by Crippen LogP contribution is 2.23. The molecule has 146 valence electrons. The fourth-order valence-electron chi connectivity index (χ4n) is 3.37. The molecule has 1 saturated heterocycles. The van der Waals surface area contributed by atoms with Crippen molar-refractivity contribution in [2.24, 2.45) is 7.05 Å². The quantitative estimate of drug-likeness (QED) is 0.694. The summed E-state index contributed by atoms with van der Waals surface area (Å²) >= 11 is 1.69. The zero-order valence-electron chi connectivity index (χ0n) is 15.8. The van der Waals surface area contributed by atoms with Crippen molar-refractivity contribution in [2.45, 2.75) is 25.4 Å². The third kappa shape index (κ3) is 4.76. The molecule has 1 aliphatic rings. The number of urea groups is 1. The van der Waals surface area contributed by atoms with Crippen molar-refractivity contribution in [3.63, 3.8) is 0 Å². The predicted octanol–water partition coefficient (Wildman–Crippen LogP) is 3.33. The average Bonchev–Trinajstić information content (AvgIpc) is 3.33. The first-order chi connectivity index (χ1) is 13.7. The lowest BCUT2D eigenvalue weighted by Gasteiger charge is -2.31. The van der Waals surface area contributed by atoms with Crippen LogP contribution < -0.4 is 10.6 Å². The molecule has 4 rings (SSSR count). The molecule has 2 aromatic heterocycles. The van der Waals surface area contributed by atoms with Gasteiger partial charge in [-0.15, -0.1) is 11.3 Å². The molecule has 8 heteroatoms. The highest BCUT2D eigenvalue weighted by atomic mass is 32.1. The number of nitrogens with one attached hydrogen (secondary N) is 2. The first-order valence-corrected chi connectivity index (χ1v) is 10.3. The Hall–Kier alpha value is -2.71. The number of carbonyl (C=O) groups is 1. The normalized spacial score (nSPS) is 15.5. The predicted molar refractivity (Wildman–Crippen MR) is 111 cm³/mol. The smallest absolute Gasteiger partial charge is 0.319 e. The van der Waals surface area contributed by atoms with Crippen LogP contribution in [0.25, 0.3) is 11.3 Å². The maximum absolute atomic E-state index is 12.1. The lowest BCUT2D eigenvalue weighted by molar-refractivity contribution is 0.189. The van der Waals surface area contributed by atoms with Crippen molar-refractivity contribution in [1.82, 2.24) is 25.0 Å². The van der Waals surface area contributed by atoms with Gasteiger partial charge < -0.3 is 10.6 Å². The van der Waals surface area contributed by atoms with E-state index in [-0.39, 0.29) is 12.1 Å². The molecule has 3 heterocycles. The molecule has 1 aliphatic heterocycles. The number of likely N-dealkylation sites (tertiary alicyclic amines) is 1. The number of anilines is 1. The molecule has 0 spiro atoms. The zero-order valence-corrected chi connectivity index (χ0v) is 16.7. The lowest BCUT2D eigenvalue weighted by atomic mass is 10.1. The van der Waals surface area contributed by atoms with E-state index in [1.165, 1.54) is 0 Å². The van der Waals surface area contributed by atoms with Crippen LogP contribution in [0.1, 0.15) is 17.8 Å². The average molecular weight is 397 g/mol. The Balaban J connectivity index is 1.23. The molecule has 0 bridgehead atoms. The van der Waals surface area contributed by atoms with E-state index in [1.807, 2.05) is 49.8 Å². The Morgan fingerprint density at radius 1 is 1.25 bits per heavy atom. The number of para-hydroxylation sites is 1. The first kappa shape index (κ1) is 18.6. The topological polar surface area (TPSA) is 75.1 Å². The van der Waals surface area contributed by atoms with Gasteiger partial charge in [0.15, 0.2) is 0 Å². The van der Waals surface area contributed by atoms with Gasteiger partial charge in [-0.2, -0.15) is 5.10 Å². The molecule has 28 heavy (non-hydrogen) atoms. The van der Waals surface area contributed by atoms with Gasteiger partial charge in [0.2, 0.25) is 0 Å². The summed E-state index contributed by atoms with van der Waals surface area (Å²) in [5.74, 6) is 0. The first-order valence-electron chi connectivity index (χ1n) is 9.44. The fraction of sp³-hybridized carbons (Fsp3) is 0.350. The van der Waals surface area contributed by atoms with Gasteiger partial charge in [-0.25, -0.2) is 9.78 Å². The van der Waals surface area contributed by atoms with Crippen LogP contribution in [-0.4, -0.2) is 44.8 Å². The number of hydrogen-bond donors (Lipinski definition) is 2. The van der Waals surface area contributed by atoms with E-state index >= 15 is 0 Å². The standard InChI is InChI=1S/C20H24N6OS/c1-25-12-15(11-21-25)18-14-28-19(24-18)13-26-9-7-17(8-10-26)23-20(27)22-16-5-3-2-4-6-16/h2-6,11-12,14,17H,7-10,13H2,1H3,(H2,22,23,27). The van der Waals surface area contributed by atoms with Gasteiger partial charge in [0.25, 0.3) is 0 Å². The van der Waals surface area contributed by atoms with Gasteiger partial charge >= 0.3 is 6.03 Å². The van der Waals surface area contributed by atoms with Crippen molar-refractivity contribution in [3.05, 3.63) is 53.1 Å². The van der Waals surface area contributed by atoms with Crippen LogP contribution in [-0.2, 0) is 13.6 Å². The SMILES string of the molecule is Cn1cc(-c2csc(CN3CCC(NC(=O)Nc4ccccc4)CC3)n2)cn1. The summed E-state index contributed by atoms with van der Waals surface area (Å²) in [5, 5.41) is 13.4. The van der Waals surface area contributed by atoms with Crippen LogP contribution in [0.2, 0.25) is 0 Å².